The summed E-state index contributed by atoms with van der Waals surface area (Å²) in [6.07, 6.45) is 2.96. The molecular formula is C34H29ClF2N8O3S. The summed E-state index contributed by atoms with van der Waals surface area (Å²) in [6.45, 7) is 4.32. The summed E-state index contributed by atoms with van der Waals surface area (Å²) in [5, 5.41) is 3.64. The molecule has 0 saturated carbocycles. The van der Waals surface area contributed by atoms with Crippen LogP contribution >= 0.6 is 11.6 Å². The molecule has 0 atom stereocenters. The van der Waals surface area contributed by atoms with Crippen LogP contribution in [0.3, 0.4) is 0 Å². The van der Waals surface area contributed by atoms with Gasteiger partial charge >= 0.3 is 0 Å². The normalized spacial score (nSPS) is 14.0. The molecule has 49 heavy (non-hydrogen) atoms. The predicted octanol–water partition coefficient (Wildman–Crippen LogP) is 6.14. The number of hydrogen-bond acceptors (Lipinski definition) is 8. The molecule has 2 N–H and O–H groups in total. The van der Waals surface area contributed by atoms with Crippen molar-refractivity contribution in [2.75, 3.05) is 43.3 Å². The number of pyridine rings is 1. The Balaban J connectivity index is 1.25. The van der Waals surface area contributed by atoms with Crippen molar-refractivity contribution in [1.29, 1.82) is 0 Å². The first-order valence-electron chi connectivity index (χ1n) is 15.2. The second-order valence-corrected chi connectivity index (χ2v) is 13.7. The predicted molar refractivity (Wildman–Crippen MR) is 184 cm³/mol. The fourth-order valence-electron chi connectivity index (χ4n) is 5.82. The summed E-state index contributed by atoms with van der Waals surface area (Å²) < 4.78 is 61.3. The first-order chi connectivity index (χ1) is 23.5. The molecular weight excluding hydrogens is 674 g/mol. The number of fused-ring (bicyclic) bond motifs is 2. The molecule has 0 bridgehead atoms. The minimum atomic E-state index is -4.29. The highest BCUT2D eigenvalue weighted by Gasteiger charge is 2.26. The third kappa shape index (κ3) is 6.03. The number of para-hydroxylation sites is 1. The standard InChI is InChI=1S/C34H29ClF2N8O3S/c1-20-23(35)7-5-9-28(20)49(47,48)42-25-11-10-24(36)31(30(25)37)41-33-32-26(38-19-39-33)12-13-29(40-32)45-18-22(21-6-3-4-8-27(21)45)34(46)44-16-14-43(2)15-17-44/h3-13,18-19,42H,14-17H2,1-2H3,(H,38,39,41). The highest BCUT2D eigenvalue weighted by Crippen LogP contribution is 2.33. The first-order valence-corrected chi connectivity index (χ1v) is 17.1. The van der Waals surface area contributed by atoms with Gasteiger partial charge in [-0.25, -0.2) is 32.2 Å². The van der Waals surface area contributed by atoms with Crippen molar-refractivity contribution in [3.05, 3.63) is 107 Å². The quantitative estimate of drug-likeness (QED) is 0.203. The van der Waals surface area contributed by atoms with E-state index in [-0.39, 0.29) is 32.7 Å². The van der Waals surface area contributed by atoms with Crippen LogP contribution in [0, 0.1) is 18.6 Å². The van der Waals surface area contributed by atoms with Crippen LogP contribution in [-0.4, -0.2) is 76.9 Å². The fourth-order valence-corrected chi connectivity index (χ4v) is 7.38. The fraction of sp³-hybridized carbons (Fsp3) is 0.176. The van der Waals surface area contributed by atoms with E-state index in [4.69, 9.17) is 16.6 Å². The number of anilines is 3. The van der Waals surface area contributed by atoms with E-state index in [1.165, 1.54) is 31.5 Å². The maximum atomic E-state index is 15.9. The van der Waals surface area contributed by atoms with Gasteiger partial charge in [-0.1, -0.05) is 35.9 Å². The number of nitrogens with zero attached hydrogens (tertiary/aromatic N) is 6. The monoisotopic (exact) mass is 702 g/mol. The Kier molecular flexibility index (Phi) is 8.38. The highest BCUT2D eigenvalue weighted by molar-refractivity contribution is 7.92. The molecule has 1 fully saturated rings. The second kappa shape index (κ2) is 12.7. The van der Waals surface area contributed by atoms with Crippen molar-refractivity contribution in [1.82, 2.24) is 29.3 Å². The van der Waals surface area contributed by atoms with Crippen molar-refractivity contribution in [2.24, 2.45) is 0 Å². The summed E-state index contributed by atoms with van der Waals surface area (Å²) in [5.41, 5.74) is 0.961. The van der Waals surface area contributed by atoms with Crippen LogP contribution in [0.1, 0.15) is 15.9 Å². The second-order valence-electron chi connectivity index (χ2n) is 11.7. The average Bonchev–Trinajstić information content (AvgIpc) is 3.48. The Morgan fingerprint density at radius 3 is 2.51 bits per heavy atom. The van der Waals surface area contributed by atoms with Gasteiger partial charge in [0.05, 0.1) is 27.2 Å². The van der Waals surface area contributed by atoms with Crippen LogP contribution in [0.5, 0.6) is 0 Å². The zero-order chi connectivity index (χ0) is 34.4. The van der Waals surface area contributed by atoms with E-state index >= 15 is 8.78 Å². The number of carbonyl (C=O) groups is 1. The van der Waals surface area contributed by atoms with Crippen LogP contribution in [-0.2, 0) is 10.0 Å². The van der Waals surface area contributed by atoms with Crippen LogP contribution < -0.4 is 10.0 Å². The van der Waals surface area contributed by atoms with E-state index in [9.17, 15) is 13.2 Å². The molecule has 0 radical (unpaired) electrons. The number of aromatic nitrogens is 4. The van der Waals surface area contributed by atoms with Crippen LogP contribution in [0.15, 0.2) is 84.1 Å². The van der Waals surface area contributed by atoms with Gasteiger partial charge in [0.25, 0.3) is 15.9 Å². The Labute approximate surface area is 285 Å². The van der Waals surface area contributed by atoms with Crippen molar-refractivity contribution >= 4 is 66.7 Å². The van der Waals surface area contributed by atoms with Gasteiger partial charge < -0.3 is 19.7 Å². The van der Waals surface area contributed by atoms with Crippen LogP contribution in [0.2, 0.25) is 5.02 Å². The topological polar surface area (TPSA) is 125 Å². The number of halogens is 3. The molecule has 0 spiro atoms. The van der Waals surface area contributed by atoms with Gasteiger partial charge in [-0.05, 0) is 62.0 Å². The minimum Gasteiger partial charge on any atom is -0.336 e. The lowest BCUT2D eigenvalue weighted by Crippen LogP contribution is -2.47. The van der Waals surface area contributed by atoms with E-state index in [0.717, 1.165) is 36.1 Å². The van der Waals surface area contributed by atoms with Gasteiger partial charge in [-0.15, -0.1) is 0 Å². The Hall–Kier alpha value is -5.18. The molecule has 1 aliphatic heterocycles. The number of rotatable bonds is 7. The number of likely N-dealkylation sites (N-methyl/N-ethyl adjacent to an activating group) is 1. The molecule has 15 heteroatoms. The molecule has 1 aliphatic rings. The molecule has 7 rings (SSSR count). The van der Waals surface area contributed by atoms with Crippen molar-refractivity contribution in [2.45, 2.75) is 11.8 Å². The van der Waals surface area contributed by atoms with Crippen LogP contribution in [0.25, 0.3) is 27.8 Å². The number of nitrogens with one attached hydrogen (secondary N) is 2. The van der Waals surface area contributed by atoms with Gasteiger partial charge in [-0.2, -0.15) is 0 Å². The molecule has 3 aromatic carbocycles. The van der Waals surface area contributed by atoms with E-state index in [2.05, 4.69) is 24.9 Å². The largest absolute Gasteiger partial charge is 0.336 e. The molecule has 3 aromatic heterocycles. The summed E-state index contributed by atoms with van der Waals surface area (Å²) in [5.74, 6) is -1.89. The summed E-state index contributed by atoms with van der Waals surface area (Å²) in [7, 11) is -2.26. The molecule has 0 aliphatic carbocycles. The third-order valence-corrected chi connectivity index (χ3v) is 10.5. The number of hydrogen-bond donors (Lipinski definition) is 2. The van der Waals surface area contributed by atoms with E-state index < -0.39 is 33.0 Å². The van der Waals surface area contributed by atoms with Crippen LogP contribution in [0.4, 0.5) is 26.0 Å². The zero-order valence-electron chi connectivity index (χ0n) is 26.3. The first kappa shape index (κ1) is 32.4. The lowest BCUT2D eigenvalue weighted by Gasteiger charge is -2.32. The number of piperazine rings is 1. The molecule has 250 valence electrons. The van der Waals surface area contributed by atoms with Crippen molar-refractivity contribution in [3.8, 4) is 5.82 Å². The minimum absolute atomic E-state index is 0.0273. The lowest BCUT2D eigenvalue weighted by molar-refractivity contribution is 0.0666. The highest BCUT2D eigenvalue weighted by atomic mass is 35.5. The average molecular weight is 703 g/mol. The summed E-state index contributed by atoms with van der Waals surface area (Å²) in [4.78, 5) is 30.7. The number of amides is 1. The van der Waals surface area contributed by atoms with Crippen molar-refractivity contribution < 1.29 is 22.0 Å². The van der Waals surface area contributed by atoms with E-state index in [0.29, 0.717) is 30.0 Å². The number of sulfonamides is 1. The Bertz CT molecular complexity index is 2380. The van der Waals surface area contributed by atoms with Gasteiger partial charge in [0, 0.05) is 42.8 Å². The Morgan fingerprint density at radius 2 is 1.71 bits per heavy atom. The lowest BCUT2D eigenvalue weighted by atomic mass is 10.1. The molecule has 11 nitrogen and oxygen atoms in total. The molecule has 0 unspecified atom stereocenters. The molecule has 4 heterocycles. The number of carbonyl (C=O) groups excluding carboxylic acids is 1. The summed E-state index contributed by atoms with van der Waals surface area (Å²) in [6, 6.07) is 17.1. The van der Waals surface area contributed by atoms with E-state index in [1.807, 2.05) is 36.2 Å². The van der Waals surface area contributed by atoms with Gasteiger partial charge in [-0.3, -0.25) is 9.52 Å². The van der Waals surface area contributed by atoms with Gasteiger partial charge in [0.1, 0.15) is 29.2 Å². The van der Waals surface area contributed by atoms with Gasteiger partial charge in [0.2, 0.25) is 0 Å². The third-order valence-electron chi connectivity index (χ3n) is 8.53. The van der Waals surface area contributed by atoms with E-state index in [1.54, 1.807) is 22.9 Å². The smallest absolute Gasteiger partial charge is 0.262 e. The maximum Gasteiger partial charge on any atom is 0.262 e. The Morgan fingerprint density at radius 1 is 0.939 bits per heavy atom. The maximum absolute atomic E-state index is 15.9. The van der Waals surface area contributed by atoms with Gasteiger partial charge in [0.15, 0.2) is 11.6 Å². The summed E-state index contributed by atoms with van der Waals surface area (Å²) >= 11 is 6.10. The van der Waals surface area contributed by atoms with Crippen molar-refractivity contribution in [3.63, 3.8) is 0 Å². The molecule has 1 saturated heterocycles. The molecule has 6 aromatic rings. The molecule has 1 amide bonds. The zero-order valence-corrected chi connectivity index (χ0v) is 27.9. The SMILES string of the molecule is Cc1c(Cl)cccc1S(=O)(=O)Nc1ccc(F)c(Nc2ncnc3ccc(-n4cc(C(=O)N5CCN(C)CC5)c5ccccc54)nc23)c1F. The number of benzene rings is 3.